The SMILES string of the molecule is CCCCCCCCCCCCC/C=C/C(O)C(COC1OC(CO)C(O)C(O)C1OC(=O)CCCCCCCCCCCCCCCCCCCCCCCCC)NC(=O)C(O)CCCCCCCCCCCCCCCCCC. The lowest BCUT2D eigenvalue weighted by Gasteiger charge is -2.41. The van der Waals surface area contributed by atoms with Crippen LogP contribution in [0.5, 0.6) is 0 Å². The van der Waals surface area contributed by atoms with E-state index in [1.165, 1.54) is 257 Å². The first kappa shape index (κ1) is 77.4. The lowest BCUT2D eigenvalue weighted by Crippen LogP contribution is -2.61. The van der Waals surface area contributed by atoms with Crippen LogP contribution >= 0.6 is 0 Å². The van der Waals surface area contributed by atoms with Gasteiger partial charge in [-0.2, -0.15) is 0 Å². The van der Waals surface area contributed by atoms with Crippen molar-refractivity contribution >= 4 is 11.9 Å². The molecule has 1 fully saturated rings. The summed E-state index contributed by atoms with van der Waals surface area (Å²) >= 11 is 0. The van der Waals surface area contributed by atoms with Gasteiger partial charge in [0.2, 0.25) is 5.91 Å². The van der Waals surface area contributed by atoms with Crippen LogP contribution in [-0.4, -0.2) is 99.6 Å². The van der Waals surface area contributed by atoms with Gasteiger partial charge in [0.15, 0.2) is 12.4 Å². The number of allylic oxidation sites excluding steroid dienone is 1. The summed E-state index contributed by atoms with van der Waals surface area (Å²) in [4.78, 5) is 26.7. The Labute approximate surface area is 499 Å². The number of ether oxygens (including phenoxy) is 3. The molecule has 1 aliphatic rings. The predicted octanol–water partition coefficient (Wildman–Crippen LogP) is 17.9. The van der Waals surface area contributed by atoms with Crippen LogP contribution in [0.1, 0.15) is 361 Å². The molecule has 0 aromatic heterocycles. The van der Waals surface area contributed by atoms with Gasteiger partial charge in [-0.1, -0.05) is 341 Å². The van der Waals surface area contributed by atoms with Gasteiger partial charge in [0.1, 0.15) is 24.4 Å². The molecule has 11 nitrogen and oxygen atoms in total. The number of carbonyl (C=O) groups is 2. The van der Waals surface area contributed by atoms with Crippen molar-refractivity contribution in [1.82, 2.24) is 5.32 Å². The van der Waals surface area contributed by atoms with Gasteiger partial charge in [0.25, 0.3) is 0 Å². The molecule has 0 saturated carbocycles. The summed E-state index contributed by atoms with van der Waals surface area (Å²) in [5, 5.41) is 57.2. The van der Waals surface area contributed by atoms with Gasteiger partial charge in [-0.25, -0.2) is 0 Å². The molecule has 0 aromatic rings. The minimum absolute atomic E-state index is 0.132. The second-order valence-corrected chi connectivity index (χ2v) is 25.0. The van der Waals surface area contributed by atoms with Crippen LogP contribution in [0.15, 0.2) is 12.2 Å². The number of aliphatic hydroxyl groups is 5. The number of nitrogens with one attached hydrogen (secondary N) is 1. The molecule has 81 heavy (non-hydrogen) atoms. The fraction of sp³-hybridized carbons (Fsp3) is 0.943. The molecule has 1 rings (SSSR count). The van der Waals surface area contributed by atoms with Crippen LogP contribution in [0.4, 0.5) is 0 Å². The number of hydrogen-bond donors (Lipinski definition) is 6. The van der Waals surface area contributed by atoms with E-state index in [9.17, 15) is 35.1 Å². The van der Waals surface area contributed by atoms with Crippen molar-refractivity contribution in [3.63, 3.8) is 0 Å². The van der Waals surface area contributed by atoms with Crippen LogP contribution in [-0.2, 0) is 23.8 Å². The van der Waals surface area contributed by atoms with E-state index in [1.54, 1.807) is 6.08 Å². The highest BCUT2D eigenvalue weighted by Crippen LogP contribution is 2.27. The zero-order valence-corrected chi connectivity index (χ0v) is 53.4. The van der Waals surface area contributed by atoms with E-state index in [0.29, 0.717) is 19.3 Å². The highest BCUT2D eigenvalue weighted by atomic mass is 16.7. The van der Waals surface area contributed by atoms with E-state index in [4.69, 9.17) is 14.2 Å². The van der Waals surface area contributed by atoms with Crippen molar-refractivity contribution in [2.24, 2.45) is 0 Å². The van der Waals surface area contributed by atoms with Gasteiger partial charge in [-0.3, -0.25) is 9.59 Å². The first-order valence-corrected chi connectivity index (χ1v) is 35.5. The first-order valence-electron chi connectivity index (χ1n) is 35.5. The average molecular weight is 1150 g/mol. The van der Waals surface area contributed by atoms with E-state index in [0.717, 1.165) is 57.8 Å². The Morgan fingerprint density at radius 3 is 1.16 bits per heavy atom. The summed E-state index contributed by atoms with van der Waals surface area (Å²) in [7, 11) is 0. The number of amides is 1. The Bertz CT molecular complexity index is 1370. The molecule has 0 aromatic carbocycles. The molecule has 1 heterocycles. The third-order valence-corrected chi connectivity index (χ3v) is 17.2. The second-order valence-electron chi connectivity index (χ2n) is 25.0. The van der Waals surface area contributed by atoms with E-state index in [2.05, 4.69) is 26.1 Å². The molecule has 1 aliphatic heterocycles. The predicted molar refractivity (Wildman–Crippen MR) is 338 cm³/mol. The Morgan fingerprint density at radius 2 is 0.802 bits per heavy atom. The molecule has 0 aliphatic carbocycles. The standard InChI is InChI=1S/C70H135NO10/c1-4-7-10-13-16-19-22-25-27-29-30-31-32-33-34-35-37-40-43-46-49-52-55-58-65(75)81-68-67(77)66(76)64(59-72)80-70(68)79-60-61(62(73)56-53-50-47-44-41-38-24-21-18-15-12-9-6-3)71-69(78)63(74)57-54-51-48-45-42-39-36-28-26-23-20-17-14-11-8-5-2/h53,56,61-64,66-68,70,72-74,76-77H,4-52,54-55,57-60H2,1-3H3,(H,71,78)/b56-53+. The number of aliphatic hydroxyl groups excluding tert-OH is 5. The Kier molecular flexibility index (Phi) is 56.2. The Balaban J connectivity index is 2.57. The minimum atomic E-state index is -1.61. The largest absolute Gasteiger partial charge is 0.454 e. The number of unbranched alkanes of at least 4 members (excludes halogenated alkanes) is 48. The molecule has 0 spiro atoms. The van der Waals surface area contributed by atoms with E-state index in [-0.39, 0.29) is 13.0 Å². The van der Waals surface area contributed by atoms with Crippen LogP contribution in [0.2, 0.25) is 0 Å². The van der Waals surface area contributed by atoms with Gasteiger partial charge in [-0.15, -0.1) is 0 Å². The van der Waals surface area contributed by atoms with Crippen molar-refractivity contribution in [3.8, 4) is 0 Å². The van der Waals surface area contributed by atoms with Gasteiger partial charge in [-0.05, 0) is 25.7 Å². The highest BCUT2D eigenvalue weighted by molar-refractivity contribution is 5.80. The zero-order chi connectivity index (χ0) is 58.9. The normalized spacial score (nSPS) is 18.6. The number of hydrogen-bond acceptors (Lipinski definition) is 10. The van der Waals surface area contributed by atoms with Crippen molar-refractivity contribution < 1.29 is 49.3 Å². The molecule has 480 valence electrons. The van der Waals surface area contributed by atoms with Gasteiger partial charge >= 0.3 is 5.97 Å². The topological polar surface area (TPSA) is 175 Å². The van der Waals surface area contributed by atoms with Crippen molar-refractivity contribution in [1.29, 1.82) is 0 Å². The minimum Gasteiger partial charge on any atom is -0.454 e. The highest BCUT2D eigenvalue weighted by Gasteiger charge is 2.47. The van der Waals surface area contributed by atoms with E-state index >= 15 is 0 Å². The van der Waals surface area contributed by atoms with Crippen LogP contribution in [0.25, 0.3) is 0 Å². The summed E-state index contributed by atoms with van der Waals surface area (Å²) < 4.78 is 17.7. The Morgan fingerprint density at radius 1 is 0.469 bits per heavy atom. The fourth-order valence-electron chi connectivity index (χ4n) is 11.6. The molecule has 6 N–H and O–H groups in total. The lowest BCUT2D eigenvalue weighted by atomic mass is 9.99. The average Bonchev–Trinajstić information content (AvgIpc) is 3.48. The monoisotopic (exact) mass is 1150 g/mol. The van der Waals surface area contributed by atoms with Crippen molar-refractivity contribution in [2.45, 2.75) is 410 Å². The molecule has 11 heteroatoms. The maximum Gasteiger partial charge on any atom is 0.306 e. The lowest BCUT2D eigenvalue weighted by molar-refractivity contribution is -0.305. The molecule has 1 saturated heterocycles. The van der Waals surface area contributed by atoms with E-state index in [1.807, 2.05) is 6.08 Å². The van der Waals surface area contributed by atoms with Crippen LogP contribution < -0.4 is 5.32 Å². The van der Waals surface area contributed by atoms with Crippen LogP contribution in [0.3, 0.4) is 0 Å². The molecule has 8 unspecified atom stereocenters. The maximum atomic E-state index is 13.5. The second kappa shape index (κ2) is 58.8. The summed E-state index contributed by atoms with van der Waals surface area (Å²) in [6.45, 7) is 5.86. The van der Waals surface area contributed by atoms with Gasteiger partial charge < -0.3 is 45.1 Å². The summed E-state index contributed by atoms with van der Waals surface area (Å²) in [6.07, 6.45) is 58.3. The Hall–Kier alpha value is -1.60. The number of carbonyl (C=O) groups excluding carboxylic acids is 2. The number of esters is 1. The van der Waals surface area contributed by atoms with Gasteiger partial charge in [0.05, 0.1) is 25.4 Å². The molecular formula is C70H135NO10. The quantitative estimate of drug-likeness (QED) is 0.0195. The summed E-state index contributed by atoms with van der Waals surface area (Å²) in [6, 6.07) is -1.02. The van der Waals surface area contributed by atoms with Crippen LogP contribution in [0, 0.1) is 0 Å². The molecular weight excluding hydrogens is 1010 g/mol. The van der Waals surface area contributed by atoms with E-state index < -0.39 is 67.4 Å². The summed E-state index contributed by atoms with van der Waals surface area (Å²) in [5.74, 6) is -1.17. The zero-order valence-electron chi connectivity index (χ0n) is 53.4. The summed E-state index contributed by atoms with van der Waals surface area (Å²) in [5.41, 5.74) is 0. The smallest absolute Gasteiger partial charge is 0.306 e. The maximum absolute atomic E-state index is 13.5. The fourth-order valence-corrected chi connectivity index (χ4v) is 11.6. The molecule has 0 bridgehead atoms. The third kappa shape index (κ3) is 46.3. The van der Waals surface area contributed by atoms with Gasteiger partial charge in [0, 0.05) is 6.42 Å². The van der Waals surface area contributed by atoms with Crippen molar-refractivity contribution in [2.75, 3.05) is 13.2 Å². The third-order valence-electron chi connectivity index (χ3n) is 17.2. The molecule has 0 radical (unpaired) electrons. The number of rotatable bonds is 62. The van der Waals surface area contributed by atoms with Crippen molar-refractivity contribution in [3.05, 3.63) is 12.2 Å². The molecule has 1 amide bonds. The molecule has 8 atom stereocenters. The first-order chi connectivity index (χ1) is 39.7.